The van der Waals surface area contributed by atoms with Crippen LogP contribution < -0.4 is 5.73 Å². The summed E-state index contributed by atoms with van der Waals surface area (Å²) >= 11 is 3.14. The minimum absolute atomic E-state index is 0.103. The summed E-state index contributed by atoms with van der Waals surface area (Å²) in [7, 11) is 0. The van der Waals surface area contributed by atoms with E-state index in [1.165, 1.54) is 6.07 Å². The highest BCUT2D eigenvalue weighted by molar-refractivity contribution is 9.10. The second-order valence-corrected chi connectivity index (χ2v) is 6.36. The first-order valence-corrected chi connectivity index (χ1v) is 7.74. The van der Waals surface area contributed by atoms with E-state index in [-0.39, 0.29) is 17.8 Å². The van der Waals surface area contributed by atoms with Crippen LogP contribution in [0.3, 0.4) is 0 Å². The number of hydrogen-bond donors (Lipinski definition) is 1. The summed E-state index contributed by atoms with van der Waals surface area (Å²) in [6.07, 6.45) is 2.26. The molecule has 0 aliphatic carbocycles. The second-order valence-electron chi connectivity index (χ2n) is 5.50. The lowest BCUT2D eigenvalue weighted by Gasteiger charge is -2.33. The van der Waals surface area contributed by atoms with Gasteiger partial charge in [-0.25, -0.2) is 4.39 Å². The minimum Gasteiger partial charge on any atom is -0.342 e. The highest BCUT2D eigenvalue weighted by Crippen LogP contribution is 2.21. The van der Waals surface area contributed by atoms with Crippen molar-refractivity contribution in [2.24, 2.45) is 11.7 Å². The molecule has 1 aromatic carbocycles. The van der Waals surface area contributed by atoms with Gasteiger partial charge in [0.05, 0.1) is 10.9 Å². The topological polar surface area (TPSA) is 46.3 Å². The van der Waals surface area contributed by atoms with Crippen molar-refractivity contribution in [2.75, 3.05) is 13.1 Å². The average molecular weight is 343 g/mol. The number of likely N-dealkylation sites (tertiary alicyclic amines) is 1. The summed E-state index contributed by atoms with van der Waals surface area (Å²) in [5.41, 5.74) is 6.73. The number of carbonyl (C=O) groups is 1. The zero-order valence-electron chi connectivity index (χ0n) is 11.6. The number of nitrogens with zero attached hydrogens (tertiary/aromatic N) is 1. The molecule has 1 atom stereocenters. The van der Waals surface area contributed by atoms with E-state index in [1.807, 2.05) is 11.8 Å². The van der Waals surface area contributed by atoms with Crippen LogP contribution in [0.2, 0.25) is 0 Å². The van der Waals surface area contributed by atoms with Crippen LogP contribution in [-0.4, -0.2) is 29.9 Å². The van der Waals surface area contributed by atoms with E-state index in [1.54, 1.807) is 12.1 Å². The number of nitrogens with two attached hydrogens (primary N) is 1. The van der Waals surface area contributed by atoms with Crippen molar-refractivity contribution in [2.45, 2.75) is 32.2 Å². The van der Waals surface area contributed by atoms with Crippen LogP contribution in [-0.2, 0) is 11.2 Å². The smallest absolute Gasteiger partial charge is 0.226 e. The first kappa shape index (κ1) is 15.4. The predicted octanol–water partition coefficient (Wildman–Crippen LogP) is 2.72. The fraction of sp³-hybridized carbons (Fsp3) is 0.533. The van der Waals surface area contributed by atoms with Crippen LogP contribution in [0.4, 0.5) is 4.39 Å². The largest absolute Gasteiger partial charge is 0.342 e. The van der Waals surface area contributed by atoms with Crippen molar-refractivity contribution in [1.29, 1.82) is 0 Å². The number of hydrogen-bond acceptors (Lipinski definition) is 2. The normalized spacial score (nSPS) is 18.1. The van der Waals surface area contributed by atoms with Crippen molar-refractivity contribution >= 4 is 21.8 Å². The Bertz CT molecular complexity index is 485. The third-order valence-electron chi connectivity index (χ3n) is 3.98. The third kappa shape index (κ3) is 3.79. The maximum absolute atomic E-state index is 13.2. The zero-order valence-corrected chi connectivity index (χ0v) is 13.2. The first-order valence-electron chi connectivity index (χ1n) is 6.94. The van der Waals surface area contributed by atoms with Crippen LogP contribution in [0.15, 0.2) is 22.7 Å². The van der Waals surface area contributed by atoms with E-state index in [0.29, 0.717) is 16.8 Å². The lowest BCUT2D eigenvalue weighted by atomic mass is 9.91. The molecule has 3 nitrogen and oxygen atoms in total. The van der Waals surface area contributed by atoms with Gasteiger partial charge in [0.2, 0.25) is 5.91 Å². The molecule has 1 aliphatic heterocycles. The molecular weight excluding hydrogens is 323 g/mol. The van der Waals surface area contributed by atoms with Crippen LogP contribution in [0.5, 0.6) is 0 Å². The number of halogens is 2. The molecule has 0 aromatic heterocycles. The molecule has 0 bridgehead atoms. The summed E-state index contributed by atoms with van der Waals surface area (Å²) < 4.78 is 13.6. The van der Waals surface area contributed by atoms with Crippen molar-refractivity contribution in [3.63, 3.8) is 0 Å². The Kier molecular flexibility index (Phi) is 5.16. The van der Waals surface area contributed by atoms with E-state index in [0.717, 1.165) is 31.5 Å². The standard InChI is InChI=1S/C15H20BrFN2O/c1-10(18)12-4-6-19(7-5-12)15(20)9-11-2-3-14(17)13(16)8-11/h2-3,8,10,12H,4-7,9,18H2,1H3. The first-order chi connectivity index (χ1) is 9.47. The minimum atomic E-state index is -0.307. The van der Waals surface area contributed by atoms with E-state index in [2.05, 4.69) is 15.9 Å². The summed E-state index contributed by atoms with van der Waals surface area (Å²) in [5, 5.41) is 0. The van der Waals surface area contributed by atoms with Crippen molar-refractivity contribution in [3.05, 3.63) is 34.1 Å². The summed E-state index contributed by atoms with van der Waals surface area (Å²) in [6, 6.07) is 4.91. The Morgan fingerprint density at radius 1 is 1.50 bits per heavy atom. The van der Waals surface area contributed by atoms with Crippen LogP contribution in [0, 0.1) is 11.7 Å². The van der Waals surface area contributed by atoms with Gasteiger partial charge in [0.15, 0.2) is 0 Å². The number of rotatable bonds is 3. The molecule has 5 heteroatoms. The molecule has 2 N–H and O–H groups in total. The van der Waals surface area contributed by atoms with Gasteiger partial charge in [-0.3, -0.25) is 4.79 Å². The highest BCUT2D eigenvalue weighted by atomic mass is 79.9. The van der Waals surface area contributed by atoms with Gasteiger partial charge in [0, 0.05) is 19.1 Å². The lowest BCUT2D eigenvalue weighted by molar-refractivity contribution is -0.131. The van der Waals surface area contributed by atoms with Gasteiger partial charge in [-0.1, -0.05) is 6.07 Å². The van der Waals surface area contributed by atoms with E-state index < -0.39 is 0 Å². The molecule has 1 fully saturated rings. The Labute approximate surface area is 127 Å². The summed E-state index contributed by atoms with van der Waals surface area (Å²) in [4.78, 5) is 14.1. The third-order valence-corrected chi connectivity index (χ3v) is 4.58. The molecule has 0 spiro atoms. The monoisotopic (exact) mass is 342 g/mol. The molecule has 1 unspecified atom stereocenters. The quantitative estimate of drug-likeness (QED) is 0.917. The Balaban J connectivity index is 1.91. The highest BCUT2D eigenvalue weighted by Gasteiger charge is 2.24. The second kappa shape index (κ2) is 6.68. The molecule has 1 saturated heterocycles. The Morgan fingerprint density at radius 2 is 2.15 bits per heavy atom. The molecule has 0 saturated carbocycles. The Morgan fingerprint density at radius 3 is 2.70 bits per heavy atom. The fourth-order valence-electron chi connectivity index (χ4n) is 2.61. The summed E-state index contributed by atoms with van der Waals surface area (Å²) in [6.45, 7) is 3.57. The van der Waals surface area contributed by atoms with Crippen molar-refractivity contribution in [1.82, 2.24) is 4.90 Å². The molecule has 0 radical (unpaired) electrons. The van der Waals surface area contributed by atoms with Gasteiger partial charge >= 0.3 is 0 Å². The van der Waals surface area contributed by atoms with Gasteiger partial charge in [-0.2, -0.15) is 0 Å². The SMILES string of the molecule is CC(N)C1CCN(C(=O)Cc2ccc(F)c(Br)c2)CC1. The van der Waals surface area contributed by atoms with E-state index in [9.17, 15) is 9.18 Å². The summed E-state index contributed by atoms with van der Waals surface area (Å²) in [5.74, 6) is 0.310. The number of carbonyl (C=O) groups excluding carboxylic acids is 1. The molecule has 1 aliphatic rings. The van der Waals surface area contributed by atoms with Gasteiger partial charge in [0.1, 0.15) is 5.82 Å². The number of piperidine rings is 1. The van der Waals surface area contributed by atoms with Gasteiger partial charge in [-0.15, -0.1) is 0 Å². The molecule has 110 valence electrons. The Hall–Kier alpha value is -0.940. The van der Waals surface area contributed by atoms with E-state index >= 15 is 0 Å². The van der Waals surface area contributed by atoms with Crippen molar-refractivity contribution in [3.8, 4) is 0 Å². The molecule has 1 heterocycles. The van der Waals surface area contributed by atoms with Crippen LogP contribution in [0.25, 0.3) is 0 Å². The van der Waals surface area contributed by atoms with Crippen LogP contribution >= 0.6 is 15.9 Å². The van der Waals surface area contributed by atoms with Gasteiger partial charge < -0.3 is 10.6 Å². The molecule has 20 heavy (non-hydrogen) atoms. The molecule has 1 aromatic rings. The van der Waals surface area contributed by atoms with Gasteiger partial charge in [0.25, 0.3) is 0 Å². The lowest BCUT2D eigenvalue weighted by Crippen LogP contribution is -2.43. The zero-order chi connectivity index (χ0) is 14.7. The number of benzene rings is 1. The number of amides is 1. The van der Waals surface area contributed by atoms with Crippen LogP contribution in [0.1, 0.15) is 25.3 Å². The maximum Gasteiger partial charge on any atom is 0.226 e. The molecule has 2 rings (SSSR count). The molecule has 1 amide bonds. The predicted molar refractivity (Wildman–Crippen MR) is 80.8 cm³/mol. The molecular formula is C15H20BrFN2O. The fourth-order valence-corrected chi connectivity index (χ4v) is 3.04. The maximum atomic E-state index is 13.2. The average Bonchev–Trinajstić information content (AvgIpc) is 2.43. The van der Waals surface area contributed by atoms with Gasteiger partial charge in [-0.05, 0) is 59.3 Å². The van der Waals surface area contributed by atoms with E-state index in [4.69, 9.17) is 5.73 Å². The van der Waals surface area contributed by atoms with Crippen molar-refractivity contribution < 1.29 is 9.18 Å².